The molecular formula is C5H3F5I-. The van der Waals surface area contributed by atoms with Crippen molar-refractivity contribution >= 4 is 0 Å². The van der Waals surface area contributed by atoms with E-state index in [9.17, 15) is 22.0 Å². The fraction of sp³-hybridized carbons (Fsp3) is 0.600. The van der Waals surface area contributed by atoms with E-state index in [1.54, 1.807) is 0 Å². The van der Waals surface area contributed by atoms with Crippen LogP contribution in [0.5, 0.6) is 0 Å². The van der Waals surface area contributed by atoms with Gasteiger partial charge in [0.2, 0.25) is 0 Å². The van der Waals surface area contributed by atoms with E-state index in [4.69, 9.17) is 0 Å². The van der Waals surface area contributed by atoms with E-state index in [2.05, 4.69) is 0 Å². The minimum absolute atomic E-state index is 0.229. The molecule has 1 aliphatic rings. The van der Waals surface area contributed by atoms with Gasteiger partial charge in [0.1, 0.15) is 0 Å². The van der Waals surface area contributed by atoms with Crippen LogP contribution in [0.2, 0.25) is 0 Å². The number of hydrogen-bond acceptors (Lipinski definition) is 0. The first kappa shape index (κ1) is 9.21. The Morgan fingerprint density at radius 2 is 1.82 bits per heavy atom. The Morgan fingerprint density at radius 3 is 2.18 bits per heavy atom. The predicted octanol–water partition coefficient (Wildman–Crippen LogP) is -0.830. The van der Waals surface area contributed by atoms with Crippen molar-refractivity contribution in [1.82, 2.24) is 0 Å². The van der Waals surface area contributed by atoms with Crippen LogP contribution in [0.1, 0.15) is 0 Å². The molecule has 0 nitrogen and oxygen atoms in total. The third-order valence-corrected chi connectivity index (χ3v) is 3.67. The van der Waals surface area contributed by atoms with Crippen molar-refractivity contribution < 1.29 is 43.2 Å². The van der Waals surface area contributed by atoms with Crippen LogP contribution in [0.25, 0.3) is 0 Å². The normalized spacial score (nSPS) is 28.6. The molecule has 0 N–H and O–H groups in total. The maximum absolute atomic E-state index is 12.3. The number of hydrogen-bond donors (Lipinski definition) is 0. The van der Waals surface area contributed by atoms with Crippen LogP contribution in [0, 0.1) is 0 Å². The van der Waals surface area contributed by atoms with Crippen molar-refractivity contribution in [3.63, 3.8) is 0 Å². The number of allylic oxidation sites excluding steroid dienone is 2. The summed E-state index contributed by atoms with van der Waals surface area (Å²) in [5, 5.41) is 0. The van der Waals surface area contributed by atoms with Gasteiger partial charge in [0, 0.05) is 0 Å². The van der Waals surface area contributed by atoms with E-state index < -0.39 is 36.9 Å². The molecule has 0 aromatic heterocycles. The summed E-state index contributed by atoms with van der Waals surface area (Å²) in [5.41, 5.74) is 0. The SMILES string of the molecule is FC1=CC[I-]C(F)(F)C1(F)F. The van der Waals surface area contributed by atoms with Crippen LogP contribution >= 0.6 is 0 Å². The molecule has 0 bridgehead atoms. The molecule has 6 heteroatoms. The van der Waals surface area contributed by atoms with Gasteiger partial charge in [0.25, 0.3) is 0 Å². The van der Waals surface area contributed by atoms with Crippen molar-refractivity contribution in [2.24, 2.45) is 0 Å². The van der Waals surface area contributed by atoms with Gasteiger partial charge in [-0.2, -0.15) is 0 Å². The predicted molar refractivity (Wildman–Crippen MR) is 24.0 cm³/mol. The fourth-order valence-electron chi connectivity index (χ4n) is 0.551. The maximum atomic E-state index is 12.3. The molecule has 1 rings (SSSR count). The second kappa shape index (κ2) is 2.56. The van der Waals surface area contributed by atoms with E-state index in [1.807, 2.05) is 0 Å². The third kappa shape index (κ3) is 1.36. The Morgan fingerprint density at radius 1 is 1.27 bits per heavy atom. The van der Waals surface area contributed by atoms with Crippen LogP contribution in [0.3, 0.4) is 0 Å². The summed E-state index contributed by atoms with van der Waals surface area (Å²) >= 11 is -1.95. The average molecular weight is 285 g/mol. The van der Waals surface area contributed by atoms with E-state index >= 15 is 0 Å². The average Bonchev–Trinajstić information content (AvgIpc) is 1.84. The van der Waals surface area contributed by atoms with Gasteiger partial charge in [-0.3, -0.25) is 0 Å². The van der Waals surface area contributed by atoms with Gasteiger partial charge in [-0.1, -0.05) is 0 Å². The fourth-order valence-corrected chi connectivity index (χ4v) is 2.45. The van der Waals surface area contributed by atoms with E-state index in [-0.39, 0.29) is 4.43 Å². The molecule has 0 unspecified atom stereocenters. The molecule has 0 aliphatic carbocycles. The molecule has 0 saturated heterocycles. The molecule has 0 radical (unpaired) electrons. The molecule has 66 valence electrons. The summed E-state index contributed by atoms with van der Waals surface area (Å²) in [7, 11) is 0. The van der Waals surface area contributed by atoms with Crippen LogP contribution in [-0.4, -0.2) is 14.3 Å². The molecule has 0 saturated carbocycles. The molecule has 0 aromatic carbocycles. The summed E-state index contributed by atoms with van der Waals surface area (Å²) in [6.07, 6.45) is 0.546. The second-order valence-electron chi connectivity index (χ2n) is 1.91. The van der Waals surface area contributed by atoms with Crippen molar-refractivity contribution in [2.75, 3.05) is 4.43 Å². The van der Waals surface area contributed by atoms with Crippen molar-refractivity contribution in [3.8, 4) is 0 Å². The van der Waals surface area contributed by atoms with Gasteiger partial charge < -0.3 is 0 Å². The molecule has 1 aliphatic heterocycles. The molecular weight excluding hydrogens is 282 g/mol. The standard InChI is InChI=1S/C5H3F5I/c6-3-1-2-11-5(9,10)4(3,7)8/h1H,2H2/q-1. The number of rotatable bonds is 0. The van der Waals surface area contributed by atoms with E-state index in [1.165, 1.54) is 0 Å². The Bertz CT molecular complexity index is 197. The van der Waals surface area contributed by atoms with Gasteiger partial charge in [0.15, 0.2) is 0 Å². The first-order valence-electron chi connectivity index (χ1n) is 2.60. The van der Waals surface area contributed by atoms with Gasteiger partial charge in [-0.15, -0.1) is 0 Å². The Labute approximate surface area is 69.7 Å². The summed E-state index contributed by atoms with van der Waals surface area (Å²) in [4.78, 5) is 0. The monoisotopic (exact) mass is 285 g/mol. The van der Waals surface area contributed by atoms with E-state index in [0.29, 0.717) is 6.08 Å². The van der Waals surface area contributed by atoms with Gasteiger partial charge in [-0.25, -0.2) is 0 Å². The molecule has 0 aromatic rings. The third-order valence-electron chi connectivity index (χ3n) is 1.16. The number of alkyl halides is 6. The van der Waals surface area contributed by atoms with Crippen LogP contribution in [0.15, 0.2) is 11.9 Å². The van der Waals surface area contributed by atoms with Gasteiger partial charge in [-0.05, 0) is 0 Å². The molecule has 0 spiro atoms. The molecule has 0 atom stereocenters. The Kier molecular flexibility index (Phi) is 2.15. The minimum atomic E-state index is -4.56. The zero-order valence-corrected chi connectivity index (χ0v) is 7.21. The Balaban J connectivity index is 3.00. The molecule has 11 heavy (non-hydrogen) atoms. The van der Waals surface area contributed by atoms with Crippen molar-refractivity contribution in [2.45, 2.75) is 9.85 Å². The first-order chi connectivity index (χ1) is 4.88. The van der Waals surface area contributed by atoms with Crippen LogP contribution < -0.4 is 21.2 Å². The second-order valence-corrected chi connectivity index (χ2v) is 4.91. The Hall–Kier alpha value is 0.120. The van der Waals surface area contributed by atoms with Gasteiger partial charge >= 0.3 is 69.3 Å². The van der Waals surface area contributed by atoms with E-state index in [0.717, 1.165) is 0 Å². The van der Waals surface area contributed by atoms with Crippen molar-refractivity contribution in [1.29, 1.82) is 0 Å². The topological polar surface area (TPSA) is 0 Å². The summed E-state index contributed by atoms with van der Waals surface area (Å²) in [6, 6.07) is 0. The summed E-state index contributed by atoms with van der Waals surface area (Å²) in [5.74, 6) is -6.55. The van der Waals surface area contributed by atoms with Crippen LogP contribution in [0.4, 0.5) is 22.0 Å². The number of halogens is 6. The van der Waals surface area contributed by atoms with Crippen LogP contribution in [-0.2, 0) is 0 Å². The zero-order valence-electron chi connectivity index (χ0n) is 5.05. The summed E-state index contributed by atoms with van der Waals surface area (Å²) < 4.78 is 56.7. The molecule has 1 heterocycles. The van der Waals surface area contributed by atoms with Gasteiger partial charge in [0.05, 0.1) is 0 Å². The molecule has 0 amide bonds. The zero-order chi connectivity index (χ0) is 8.70. The first-order valence-corrected chi connectivity index (χ1v) is 5.20. The van der Waals surface area contributed by atoms with Crippen molar-refractivity contribution in [3.05, 3.63) is 11.9 Å². The molecule has 0 fully saturated rings. The quantitative estimate of drug-likeness (QED) is 0.310. The summed E-state index contributed by atoms with van der Waals surface area (Å²) in [6.45, 7) is 0.